The van der Waals surface area contributed by atoms with Gasteiger partial charge in [-0.25, -0.2) is 0 Å². The number of aliphatic hydroxyl groups excluding tert-OH is 4. The lowest BCUT2D eigenvalue weighted by Crippen LogP contribution is -2.60. The highest BCUT2D eigenvalue weighted by atomic mass is 16.7. The second kappa shape index (κ2) is 6.38. The van der Waals surface area contributed by atoms with Gasteiger partial charge in [0, 0.05) is 0 Å². The third-order valence-electron chi connectivity index (χ3n) is 3.16. The maximum Gasteiger partial charge on any atom is 0.229 e. The minimum absolute atomic E-state index is 0.398. The first kappa shape index (κ1) is 15.0. The van der Waals surface area contributed by atoms with Crippen molar-refractivity contribution in [2.24, 2.45) is 0 Å². The first-order valence-electron chi connectivity index (χ1n) is 6.18. The van der Waals surface area contributed by atoms with Gasteiger partial charge in [-0.3, -0.25) is 0 Å². The minimum Gasteiger partial charge on any atom is -0.497 e. The zero-order valence-corrected chi connectivity index (χ0v) is 10.9. The van der Waals surface area contributed by atoms with Gasteiger partial charge in [-0.05, 0) is 24.3 Å². The zero-order valence-electron chi connectivity index (χ0n) is 10.9. The summed E-state index contributed by atoms with van der Waals surface area (Å²) in [5.41, 5.74) is 0. The van der Waals surface area contributed by atoms with E-state index in [0.29, 0.717) is 11.5 Å². The van der Waals surface area contributed by atoms with E-state index < -0.39 is 37.3 Å². The van der Waals surface area contributed by atoms with Crippen LogP contribution in [0.2, 0.25) is 0 Å². The van der Waals surface area contributed by atoms with Gasteiger partial charge in [-0.1, -0.05) is 0 Å². The molecule has 0 unspecified atom stereocenters. The number of aliphatic hydroxyl groups is 4. The number of ether oxygens (including phenoxy) is 3. The molecule has 7 nitrogen and oxygen atoms in total. The van der Waals surface area contributed by atoms with Crippen molar-refractivity contribution in [3.05, 3.63) is 24.3 Å². The maximum absolute atomic E-state index is 9.82. The smallest absolute Gasteiger partial charge is 0.229 e. The average molecular weight is 286 g/mol. The molecular weight excluding hydrogens is 268 g/mol. The average Bonchev–Trinajstić information content (AvgIpc) is 2.48. The van der Waals surface area contributed by atoms with Crippen LogP contribution < -0.4 is 9.47 Å². The molecule has 0 aliphatic carbocycles. The normalized spacial score (nSPS) is 33.8. The summed E-state index contributed by atoms with van der Waals surface area (Å²) in [5.74, 6) is 1.04. The molecule has 1 aromatic carbocycles. The third-order valence-corrected chi connectivity index (χ3v) is 3.16. The molecule has 112 valence electrons. The summed E-state index contributed by atoms with van der Waals surface area (Å²) in [7, 11) is 1.54. The van der Waals surface area contributed by atoms with E-state index in [1.807, 2.05) is 0 Å². The number of hydrogen-bond acceptors (Lipinski definition) is 7. The Labute approximate surface area is 115 Å². The van der Waals surface area contributed by atoms with Gasteiger partial charge in [0.15, 0.2) is 0 Å². The molecule has 0 radical (unpaired) electrons. The largest absolute Gasteiger partial charge is 0.497 e. The van der Waals surface area contributed by atoms with Crippen molar-refractivity contribution in [2.75, 3.05) is 13.7 Å². The predicted molar refractivity (Wildman–Crippen MR) is 67.4 cm³/mol. The van der Waals surface area contributed by atoms with Crippen molar-refractivity contribution in [1.82, 2.24) is 0 Å². The Morgan fingerprint density at radius 2 is 1.60 bits per heavy atom. The number of hydrogen-bond donors (Lipinski definition) is 4. The lowest BCUT2D eigenvalue weighted by molar-refractivity contribution is -0.277. The van der Waals surface area contributed by atoms with Crippen LogP contribution in [0.25, 0.3) is 0 Å². The molecule has 1 aliphatic rings. The highest BCUT2D eigenvalue weighted by Gasteiger charge is 2.44. The van der Waals surface area contributed by atoms with E-state index in [4.69, 9.17) is 19.3 Å². The van der Waals surface area contributed by atoms with Crippen LogP contribution in [0, 0.1) is 0 Å². The van der Waals surface area contributed by atoms with Crippen LogP contribution in [0.4, 0.5) is 0 Å². The Bertz CT molecular complexity index is 419. The van der Waals surface area contributed by atoms with Gasteiger partial charge in [0.2, 0.25) is 6.29 Å². The van der Waals surface area contributed by atoms with Crippen LogP contribution in [-0.2, 0) is 4.74 Å². The Hall–Kier alpha value is -1.38. The van der Waals surface area contributed by atoms with E-state index in [2.05, 4.69) is 0 Å². The predicted octanol–water partition coefficient (Wildman–Crippen LogP) is -1.13. The molecule has 0 spiro atoms. The van der Waals surface area contributed by atoms with Crippen molar-refractivity contribution in [3.63, 3.8) is 0 Å². The van der Waals surface area contributed by atoms with Gasteiger partial charge >= 0.3 is 0 Å². The lowest BCUT2D eigenvalue weighted by Gasteiger charge is -2.39. The van der Waals surface area contributed by atoms with Crippen molar-refractivity contribution in [1.29, 1.82) is 0 Å². The Morgan fingerprint density at radius 1 is 1.00 bits per heavy atom. The molecule has 0 amide bonds. The van der Waals surface area contributed by atoms with Gasteiger partial charge in [-0.15, -0.1) is 0 Å². The van der Waals surface area contributed by atoms with Crippen LogP contribution in [-0.4, -0.2) is 64.8 Å². The Kier molecular flexibility index (Phi) is 4.79. The second-order valence-corrected chi connectivity index (χ2v) is 4.49. The minimum atomic E-state index is -1.45. The fraction of sp³-hybridized carbons (Fsp3) is 0.538. The standard InChI is InChI=1S/C13H18O7/c1-18-7-2-4-8(5-3-7)19-13-12(17)11(16)10(15)9(6-14)20-13/h2-5,9-17H,6H2,1H3/t9-,10+,11-,12+,13+/m1/s1. The van der Waals surface area contributed by atoms with Crippen LogP contribution in [0.15, 0.2) is 24.3 Å². The first-order chi connectivity index (χ1) is 9.56. The molecule has 2 rings (SSSR count). The third kappa shape index (κ3) is 3.02. The molecule has 1 heterocycles. The van der Waals surface area contributed by atoms with E-state index in [0.717, 1.165) is 0 Å². The summed E-state index contributed by atoms with van der Waals surface area (Å²) in [6.07, 6.45) is -6.44. The molecule has 1 saturated heterocycles. The summed E-state index contributed by atoms with van der Waals surface area (Å²) in [4.78, 5) is 0. The van der Waals surface area contributed by atoms with E-state index in [1.54, 1.807) is 24.3 Å². The van der Waals surface area contributed by atoms with Crippen LogP contribution in [0.1, 0.15) is 0 Å². The lowest BCUT2D eigenvalue weighted by atomic mass is 9.99. The molecule has 5 atom stereocenters. The van der Waals surface area contributed by atoms with Crippen molar-refractivity contribution in [3.8, 4) is 11.5 Å². The molecule has 0 saturated carbocycles. The van der Waals surface area contributed by atoms with E-state index >= 15 is 0 Å². The van der Waals surface area contributed by atoms with Gasteiger partial charge in [0.05, 0.1) is 13.7 Å². The van der Waals surface area contributed by atoms with Crippen molar-refractivity contribution < 1.29 is 34.6 Å². The molecule has 1 aliphatic heterocycles. The maximum atomic E-state index is 9.82. The first-order valence-corrected chi connectivity index (χ1v) is 6.18. The van der Waals surface area contributed by atoms with E-state index in [-0.39, 0.29) is 0 Å². The van der Waals surface area contributed by atoms with Gasteiger partial charge < -0.3 is 34.6 Å². The summed E-state index contributed by atoms with van der Waals surface area (Å²) < 4.78 is 15.6. The van der Waals surface area contributed by atoms with Gasteiger partial charge in [0.1, 0.15) is 35.9 Å². The molecule has 20 heavy (non-hydrogen) atoms. The highest BCUT2D eigenvalue weighted by Crippen LogP contribution is 2.25. The summed E-state index contributed by atoms with van der Waals surface area (Å²) in [6, 6.07) is 6.55. The fourth-order valence-electron chi connectivity index (χ4n) is 1.95. The summed E-state index contributed by atoms with van der Waals surface area (Å²) in [6.45, 7) is -0.493. The second-order valence-electron chi connectivity index (χ2n) is 4.49. The summed E-state index contributed by atoms with van der Waals surface area (Å²) in [5, 5.41) is 38.2. The molecule has 4 N–H and O–H groups in total. The SMILES string of the molecule is COc1ccc(O[C@H]2O[C@H](CO)[C@H](O)[C@@H](O)[C@@H]2O)cc1. The van der Waals surface area contributed by atoms with Gasteiger partial charge in [0.25, 0.3) is 0 Å². The van der Waals surface area contributed by atoms with Gasteiger partial charge in [-0.2, -0.15) is 0 Å². The molecule has 7 heteroatoms. The van der Waals surface area contributed by atoms with Crippen LogP contribution in [0.5, 0.6) is 11.5 Å². The topological polar surface area (TPSA) is 109 Å². The quantitative estimate of drug-likeness (QED) is 0.555. The monoisotopic (exact) mass is 286 g/mol. The zero-order chi connectivity index (χ0) is 14.7. The van der Waals surface area contributed by atoms with E-state index in [1.165, 1.54) is 7.11 Å². The molecule has 1 fully saturated rings. The highest BCUT2D eigenvalue weighted by molar-refractivity contribution is 5.31. The Balaban J connectivity index is 2.06. The fourth-order valence-corrected chi connectivity index (χ4v) is 1.95. The van der Waals surface area contributed by atoms with E-state index in [9.17, 15) is 15.3 Å². The van der Waals surface area contributed by atoms with Crippen LogP contribution in [0.3, 0.4) is 0 Å². The Morgan fingerprint density at radius 3 is 2.15 bits per heavy atom. The summed E-state index contributed by atoms with van der Waals surface area (Å²) >= 11 is 0. The molecule has 0 bridgehead atoms. The van der Waals surface area contributed by atoms with Crippen molar-refractivity contribution >= 4 is 0 Å². The number of rotatable bonds is 4. The number of methoxy groups -OCH3 is 1. The van der Waals surface area contributed by atoms with Crippen LogP contribution >= 0.6 is 0 Å². The molecule has 0 aromatic heterocycles. The number of benzene rings is 1. The molecular formula is C13H18O7. The molecule has 1 aromatic rings. The van der Waals surface area contributed by atoms with Crippen molar-refractivity contribution in [2.45, 2.75) is 30.7 Å².